The molecule has 1 unspecified atom stereocenters. The number of benzene rings is 1. The first-order valence-electron chi connectivity index (χ1n) is 6.07. The predicted molar refractivity (Wildman–Crippen MR) is 71.5 cm³/mol. The normalized spacial score (nSPS) is 12.3. The van der Waals surface area contributed by atoms with Gasteiger partial charge in [-0.05, 0) is 18.2 Å². The van der Waals surface area contributed by atoms with Gasteiger partial charge in [-0.15, -0.1) is 0 Å². The Morgan fingerprint density at radius 2 is 2.11 bits per heavy atom. The number of halogens is 1. The average Bonchev–Trinajstić information content (AvgIpc) is 2.38. The van der Waals surface area contributed by atoms with Gasteiger partial charge in [0.05, 0.1) is 18.4 Å². The predicted octanol–water partition coefficient (Wildman–Crippen LogP) is 1.19. The van der Waals surface area contributed by atoms with E-state index in [2.05, 4.69) is 10.6 Å². The molecule has 6 heteroatoms. The first-order chi connectivity index (χ1) is 8.93. The maximum Gasteiger partial charge on any atom is 0.227 e. The molecule has 0 heterocycles. The molecule has 0 aliphatic carbocycles. The lowest BCUT2D eigenvalue weighted by molar-refractivity contribution is -0.118. The van der Waals surface area contributed by atoms with Crippen molar-refractivity contribution in [1.82, 2.24) is 0 Å². The minimum atomic E-state index is -0.890. The fourth-order valence-corrected chi connectivity index (χ4v) is 1.31. The standard InChI is InChI=1S/C13H19FN2O3/c1-8(2)13(19)16-12-5-9(3-4-11(12)14)15-6-10(18)7-17/h3-5,8,10,15,17-18H,6-7H2,1-2H3,(H,16,19). The van der Waals surface area contributed by atoms with Crippen molar-refractivity contribution in [2.75, 3.05) is 23.8 Å². The highest BCUT2D eigenvalue weighted by atomic mass is 19.1. The summed E-state index contributed by atoms with van der Waals surface area (Å²) in [7, 11) is 0. The zero-order valence-corrected chi connectivity index (χ0v) is 11.0. The number of aliphatic hydroxyl groups is 2. The Labute approximate surface area is 111 Å². The van der Waals surface area contributed by atoms with Crippen LogP contribution in [0.3, 0.4) is 0 Å². The fourth-order valence-electron chi connectivity index (χ4n) is 1.31. The van der Waals surface area contributed by atoms with Crippen LogP contribution in [0.4, 0.5) is 15.8 Å². The smallest absolute Gasteiger partial charge is 0.227 e. The number of anilines is 2. The average molecular weight is 270 g/mol. The maximum absolute atomic E-state index is 13.5. The highest BCUT2D eigenvalue weighted by Gasteiger charge is 2.11. The minimum Gasteiger partial charge on any atom is -0.394 e. The van der Waals surface area contributed by atoms with Gasteiger partial charge in [-0.1, -0.05) is 13.8 Å². The second kappa shape index (κ2) is 7.06. The van der Waals surface area contributed by atoms with E-state index in [9.17, 15) is 14.3 Å². The number of aliphatic hydroxyl groups excluding tert-OH is 2. The lowest BCUT2D eigenvalue weighted by Gasteiger charge is -2.13. The van der Waals surface area contributed by atoms with Crippen LogP contribution in [0.25, 0.3) is 0 Å². The lowest BCUT2D eigenvalue weighted by atomic mass is 10.2. The number of amides is 1. The Balaban J connectivity index is 2.74. The van der Waals surface area contributed by atoms with Gasteiger partial charge in [-0.3, -0.25) is 4.79 Å². The number of hydrogen-bond donors (Lipinski definition) is 4. The van der Waals surface area contributed by atoms with Crippen LogP contribution in [-0.2, 0) is 4.79 Å². The van der Waals surface area contributed by atoms with Gasteiger partial charge in [0.25, 0.3) is 0 Å². The number of hydrogen-bond acceptors (Lipinski definition) is 4. The van der Waals surface area contributed by atoms with Gasteiger partial charge >= 0.3 is 0 Å². The summed E-state index contributed by atoms with van der Waals surface area (Å²) in [5, 5.41) is 23.2. The molecule has 106 valence electrons. The highest BCUT2D eigenvalue weighted by molar-refractivity contribution is 5.92. The fraction of sp³-hybridized carbons (Fsp3) is 0.462. The maximum atomic E-state index is 13.5. The molecule has 0 aliphatic rings. The molecule has 0 aliphatic heterocycles. The molecule has 1 amide bonds. The monoisotopic (exact) mass is 270 g/mol. The molecule has 0 radical (unpaired) electrons. The van der Waals surface area contributed by atoms with E-state index in [1.807, 2.05) is 0 Å². The molecule has 19 heavy (non-hydrogen) atoms. The molecular weight excluding hydrogens is 251 g/mol. The van der Waals surface area contributed by atoms with E-state index in [1.54, 1.807) is 13.8 Å². The van der Waals surface area contributed by atoms with Gasteiger partial charge in [0, 0.05) is 18.2 Å². The molecule has 5 nitrogen and oxygen atoms in total. The summed E-state index contributed by atoms with van der Waals surface area (Å²) in [6.45, 7) is 3.21. The lowest BCUT2D eigenvalue weighted by Crippen LogP contribution is -2.23. The Hall–Kier alpha value is -1.66. The highest BCUT2D eigenvalue weighted by Crippen LogP contribution is 2.20. The van der Waals surface area contributed by atoms with Crippen LogP contribution in [0, 0.1) is 11.7 Å². The summed E-state index contributed by atoms with van der Waals surface area (Å²) < 4.78 is 13.5. The molecule has 0 fully saturated rings. The second-order valence-electron chi connectivity index (χ2n) is 4.56. The third-order valence-electron chi connectivity index (χ3n) is 2.50. The van der Waals surface area contributed by atoms with Crippen LogP contribution in [0.5, 0.6) is 0 Å². The van der Waals surface area contributed by atoms with E-state index in [-0.39, 0.29) is 30.7 Å². The SMILES string of the molecule is CC(C)C(=O)Nc1cc(NCC(O)CO)ccc1F. The van der Waals surface area contributed by atoms with Crippen molar-refractivity contribution in [3.05, 3.63) is 24.0 Å². The van der Waals surface area contributed by atoms with Gasteiger partial charge in [-0.25, -0.2) is 4.39 Å². The van der Waals surface area contributed by atoms with E-state index >= 15 is 0 Å². The van der Waals surface area contributed by atoms with Crippen molar-refractivity contribution >= 4 is 17.3 Å². The zero-order valence-electron chi connectivity index (χ0n) is 11.0. The molecule has 1 aromatic carbocycles. The Morgan fingerprint density at radius 1 is 1.42 bits per heavy atom. The Bertz CT molecular complexity index is 438. The van der Waals surface area contributed by atoms with Crippen LogP contribution in [0.1, 0.15) is 13.8 Å². The van der Waals surface area contributed by atoms with Crippen molar-refractivity contribution in [2.24, 2.45) is 5.92 Å². The van der Waals surface area contributed by atoms with Crippen molar-refractivity contribution in [3.8, 4) is 0 Å². The number of carbonyl (C=O) groups excluding carboxylic acids is 1. The Kier molecular flexibility index (Phi) is 5.72. The molecule has 1 atom stereocenters. The summed E-state index contributed by atoms with van der Waals surface area (Å²) in [5.74, 6) is -1.04. The van der Waals surface area contributed by atoms with E-state index < -0.39 is 11.9 Å². The minimum absolute atomic E-state index is 0.0854. The first-order valence-corrected chi connectivity index (χ1v) is 6.07. The molecule has 0 aromatic heterocycles. The van der Waals surface area contributed by atoms with Crippen molar-refractivity contribution in [2.45, 2.75) is 20.0 Å². The van der Waals surface area contributed by atoms with Gasteiger partial charge in [0.15, 0.2) is 0 Å². The molecule has 0 bridgehead atoms. The summed E-state index contributed by atoms with van der Waals surface area (Å²) in [6, 6.07) is 4.16. The third kappa shape index (κ3) is 4.84. The number of carbonyl (C=O) groups is 1. The molecule has 0 spiro atoms. The summed E-state index contributed by atoms with van der Waals surface area (Å²) in [4.78, 5) is 11.5. The van der Waals surface area contributed by atoms with E-state index in [1.165, 1.54) is 18.2 Å². The van der Waals surface area contributed by atoms with Crippen LogP contribution in [0.2, 0.25) is 0 Å². The van der Waals surface area contributed by atoms with Gasteiger partial charge in [-0.2, -0.15) is 0 Å². The summed E-state index contributed by atoms with van der Waals surface area (Å²) in [6.07, 6.45) is -0.890. The van der Waals surface area contributed by atoms with Gasteiger partial charge < -0.3 is 20.8 Å². The van der Waals surface area contributed by atoms with Crippen molar-refractivity contribution in [3.63, 3.8) is 0 Å². The van der Waals surface area contributed by atoms with Crippen molar-refractivity contribution in [1.29, 1.82) is 0 Å². The first kappa shape index (κ1) is 15.4. The summed E-state index contributed by atoms with van der Waals surface area (Å²) in [5.41, 5.74) is 0.634. The largest absolute Gasteiger partial charge is 0.394 e. The zero-order chi connectivity index (χ0) is 14.4. The van der Waals surface area contributed by atoms with Gasteiger partial charge in [0.2, 0.25) is 5.91 Å². The second-order valence-corrected chi connectivity index (χ2v) is 4.56. The van der Waals surface area contributed by atoms with E-state index in [0.29, 0.717) is 5.69 Å². The van der Waals surface area contributed by atoms with E-state index in [0.717, 1.165) is 0 Å². The quantitative estimate of drug-likeness (QED) is 0.626. The molecule has 1 aromatic rings. The topological polar surface area (TPSA) is 81.6 Å². The number of rotatable bonds is 6. The summed E-state index contributed by atoms with van der Waals surface area (Å²) >= 11 is 0. The van der Waals surface area contributed by atoms with Crippen LogP contribution in [0.15, 0.2) is 18.2 Å². The van der Waals surface area contributed by atoms with Crippen LogP contribution < -0.4 is 10.6 Å². The number of nitrogens with one attached hydrogen (secondary N) is 2. The van der Waals surface area contributed by atoms with Gasteiger partial charge in [0.1, 0.15) is 5.82 Å². The van der Waals surface area contributed by atoms with Crippen LogP contribution >= 0.6 is 0 Å². The molecule has 0 saturated carbocycles. The van der Waals surface area contributed by atoms with E-state index in [4.69, 9.17) is 5.11 Å². The molecular formula is C13H19FN2O3. The van der Waals surface area contributed by atoms with Crippen molar-refractivity contribution < 1.29 is 19.4 Å². The Morgan fingerprint density at radius 3 is 2.68 bits per heavy atom. The molecule has 1 rings (SSSR count). The third-order valence-corrected chi connectivity index (χ3v) is 2.50. The molecule has 4 N–H and O–H groups in total. The van der Waals surface area contributed by atoms with Crippen LogP contribution in [-0.4, -0.2) is 35.4 Å². The molecule has 0 saturated heterocycles.